The number of rotatable bonds is 4. The normalized spacial score (nSPS) is 10.2. The minimum Gasteiger partial charge on any atom is -0.489 e. The lowest BCUT2D eigenvalue weighted by atomic mass is 10.1. The molecule has 0 saturated heterocycles. The van der Waals surface area contributed by atoms with Crippen LogP contribution in [0.4, 0.5) is 4.39 Å². The summed E-state index contributed by atoms with van der Waals surface area (Å²) in [5, 5.41) is 0.0554. The van der Waals surface area contributed by atoms with Gasteiger partial charge in [-0.05, 0) is 29.8 Å². The highest BCUT2D eigenvalue weighted by Gasteiger charge is 2.05. The summed E-state index contributed by atoms with van der Waals surface area (Å²) in [6.07, 6.45) is 0. The van der Waals surface area contributed by atoms with Gasteiger partial charge in [-0.15, -0.1) is 0 Å². The predicted octanol–water partition coefficient (Wildman–Crippen LogP) is 3.84. The molecule has 0 heterocycles. The van der Waals surface area contributed by atoms with E-state index >= 15 is 0 Å². The van der Waals surface area contributed by atoms with E-state index in [9.17, 15) is 9.18 Å². The molecule has 0 spiro atoms. The Balaban J connectivity index is 2.00. The Labute approximate surface area is 120 Å². The molecule has 104 valence electrons. The lowest BCUT2D eigenvalue weighted by Gasteiger charge is -2.07. The highest BCUT2D eigenvalue weighted by atomic mass is 35.5. The second-order valence-electron chi connectivity index (χ2n) is 4.05. The topological polar surface area (TPSA) is 35.5 Å². The molecule has 0 radical (unpaired) electrons. The number of methoxy groups -OCH3 is 1. The molecule has 0 saturated carbocycles. The number of carbonyl (C=O) groups excluding carboxylic acids is 1. The Bertz CT molecular complexity index is 611. The first-order valence-electron chi connectivity index (χ1n) is 5.85. The fourth-order valence-electron chi connectivity index (χ4n) is 1.59. The molecule has 2 rings (SSSR count). The van der Waals surface area contributed by atoms with Gasteiger partial charge in [0.15, 0.2) is 0 Å². The summed E-state index contributed by atoms with van der Waals surface area (Å²) in [5.74, 6) is -0.522. The van der Waals surface area contributed by atoms with Crippen LogP contribution < -0.4 is 4.74 Å². The third-order valence-electron chi connectivity index (χ3n) is 2.67. The van der Waals surface area contributed by atoms with E-state index in [0.717, 1.165) is 5.56 Å². The molecular formula is C15H12ClFO3. The molecule has 0 amide bonds. The molecule has 2 aromatic carbocycles. The van der Waals surface area contributed by atoms with Gasteiger partial charge in [0.2, 0.25) is 0 Å². The van der Waals surface area contributed by atoms with E-state index in [2.05, 4.69) is 4.74 Å². The Kier molecular flexibility index (Phi) is 4.58. The van der Waals surface area contributed by atoms with Crippen molar-refractivity contribution in [3.8, 4) is 5.75 Å². The Morgan fingerprint density at radius 1 is 1.20 bits per heavy atom. The van der Waals surface area contributed by atoms with Crippen LogP contribution in [0.2, 0.25) is 5.02 Å². The molecule has 0 aromatic heterocycles. The fraction of sp³-hybridized carbons (Fsp3) is 0.133. The smallest absolute Gasteiger partial charge is 0.337 e. The molecule has 0 N–H and O–H groups in total. The van der Waals surface area contributed by atoms with E-state index in [4.69, 9.17) is 16.3 Å². The molecule has 0 bridgehead atoms. The zero-order chi connectivity index (χ0) is 14.5. The quantitative estimate of drug-likeness (QED) is 0.804. The Morgan fingerprint density at radius 3 is 2.50 bits per heavy atom. The van der Waals surface area contributed by atoms with Crippen molar-refractivity contribution < 1.29 is 18.7 Å². The maximum Gasteiger partial charge on any atom is 0.337 e. The van der Waals surface area contributed by atoms with Crippen molar-refractivity contribution in [3.63, 3.8) is 0 Å². The fourth-order valence-corrected chi connectivity index (χ4v) is 1.71. The Hall–Kier alpha value is -2.07. The van der Waals surface area contributed by atoms with Gasteiger partial charge in [-0.25, -0.2) is 9.18 Å². The number of esters is 1. The van der Waals surface area contributed by atoms with Crippen LogP contribution in [0.1, 0.15) is 15.9 Å². The van der Waals surface area contributed by atoms with Gasteiger partial charge in [0.05, 0.1) is 17.7 Å². The van der Waals surface area contributed by atoms with Gasteiger partial charge in [-0.1, -0.05) is 23.7 Å². The van der Waals surface area contributed by atoms with Gasteiger partial charge >= 0.3 is 5.97 Å². The van der Waals surface area contributed by atoms with E-state index in [1.165, 1.54) is 19.2 Å². The summed E-state index contributed by atoms with van der Waals surface area (Å²) >= 11 is 5.58. The van der Waals surface area contributed by atoms with Crippen LogP contribution in [0.25, 0.3) is 0 Å². The van der Waals surface area contributed by atoms with Gasteiger partial charge in [0.1, 0.15) is 18.2 Å². The van der Waals surface area contributed by atoms with E-state index in [1.54, 1.807) is 30.3 Å². The average molecular weight is 295 g/mol. The minimum absolute atomic E-state index is 0.0554. The molecule has 0 aliphatic rings. The van der Waals surface area contributed by atoms with Crippen LogP contribution in [0, 0.1) is 5.82 Å². The maximum absolute atomic E-state index is 13.2. The van der Waals surface area contributed by atoms with Gasteiger partial charge in [0.25, 0.3) is 0 Å². The van der Waals surface area contributed by atoms with Crippen LogP contribution in [-0.4, -0.2) is 13.1 Å². The van der Waals surface area contributed by atoms with Crippen molar-refractivity contribution in [2.45, 2.75) is 6.61 Å². The largest absolute Gasteiger partial charge is 0.489 e. The van der Waals surface area contributed by atoms with Crippen molar-refractivity contribution in [1.82, 2.24) is 0 Å². The SMILES string of the molecule is COC(=O)c1ccc(COc2ccc(Cl)c(F)c2)cc1. The summed E-state index contributed by atoms with van der Waals surface area (Å²) in [4.78, 5) is 11.3. The first-order chi connectivity index (χ1) is 9.60. The van der Waals surface area contributed by atoms with E-state index in [0.29, 0.717) is 11.3 Å². The maximum atomic E-state index is 13.2. The zero-order valence-electron chi connectivity index (χ0n) is 10.7. The van der Waals surface area contributed by atoms with E-state index < -0.39 is 11.8 Å². The number of carbonyl (C=O) groups is 1. The van der Waals surface area contributed by atoms with Crippen LogP contribution >= 0.6 is 11.6 Å². The highest BCUT2D eigenvalue weighted by molar-refractivity contribution is 6.30. The summed E-state index contributed by atoms with van der Waals surface area (Å²) in [6.45, 7) is 0.266. The van der Waals surface area contributed by atoms with Gasteiger partial charge in [0, 0.05) is 6.07 Å². The summed E-state index contributed by atoms with van der Waals surface area (Å²) in [6, 6.07) is 11.0. The molecular weight excluding hydrogens is 283 g/mol. The van der Waals surface area contributed by atoms with Crippen LogP contribution in [0.3, 0.4) is 0 Å². The second kappa shape index (κ2) is 6.39. The summed E-state index contributed by atoms with van der Waals surface area (Å²) in [7, 11) is 1.33. The molecule has 0 atom stereocenters. The number of halogens is 2. The lowest BCUT2D eigenvalue weighted by molar-refractivity contribution is 0.0600. The second-order valence-corrected chi connectivity index (χ2v) is 4.46. The third kappa shape index (κ3) is 3.48. The molecule has 20 heavy (non-hydrogen) atoms. The third-order valence-corrected chi connectivity index (χ3v) is 2.98. The predicted molar refractivity (Wildman–Crippen MR) is 73.5 cm³/mol. The number of hydrogen-bond donors (Lipinski definition) is 0. The molecule has 5 heteroatoms. The van der Waals surface area contributed by atoms with Crippen LogP contribution in [0.15, 0.2) is 42.5 Å². The number of ether oxygens (including phenoxy) is 2. The number of hydrogen-bond acceptors (Lipinski definition) is 3. The van der Waals surface area contributed by atoms with Crippen LogP contribution in [0.5, 0.6) is 5.75 Å². The monoisotopic (exact) mass is 294 g/mol. The highest BCUT2D eigenvalue weighted by Crippen LogP contribution is 2.21. The van der Waals surface area contributed by atoms with Crippen molar-refractivity contribution in [2.24, 2.45) is 0 Å². The number of benzene rings is 2. The molecule has 0 aliphatic carbocycles. The van der Waals surface area contributed by atoms with Gasteiger partial charge < -0.3 is 9.47 Å². The Morgan fingerprint density at radius 2 is 1.90 bits per heavy atom. The van der Waals surface area contributed by atoms with E-state index in [1.807, 2.05) is 0 Å². The first-order valence-corrected chi connectivity index (χ1v) is 6.23. The molecule has 2 aromatic rings. The van der Waals surface area contributed by atoms with Crippen molar-refractivity contribution in [1.29, 1.82) is 0 Å². The molecule has 3 nitrogen and oxygen atoms in total. The van der Waals surface area contributed by atoms with Crippen molar-refractivity contribution >= 4 is 17.6 Å². The molecule has 0 unspecified atom stereocenters. The first kappa shape index (κ1) is 14.3. The molecule has 0 fully saturated rings. The minimum atomic E-state index is -0.523. The molecule has 0 aliphatic heterocycles. The average Bonchev–Trinajstić information content (AvgIpc) is 2.48. The van der Waals surface area contributed by atoms with Crippen molar-refractivity contribution in [2.75, 3.05) is 7.11 Å². The summed E-state index contributed by atoms with van der Waals surface area (Å²) in [5.41, 5.74) is 1.32. The van der Waals surface area contributed by atoms with E-state index in [-0.39, 0.29) is 11.6 Å². The summed E-state index contributed by atoms with van der Waals surface area (Å²) < 4.78 is 23.3. The van der Waals surface area contributed by atoms with Crippen molar-refractivity contribution in [3.05, 3.63) is 64.4 Å². The van der Waals surface area contributed by atoms with Gasteiger partial charge in [-0.2, -0.15) is 0 Å². The van der Waals surface area contributed by atoms with Gasteiger partial charge in [-0.3, -0.25) is 0 Å². The standard InChI is InChI=1S/C15H12ClFO3/c1-19-15(18)11-4-2-10(3-5-11)9-20-12-6-7-13(16)14(17)8-12/h2-8H,9H2,1H3. The zero-order valence-corrected chi connectivity index (χ0v) is 11.5. The lowest BCUT2D eigenvalue weighted by Crippen LogP contribution is -2.02. The van der Waals surface area contributed by atoms with Crippen LogP contribution in [-0.2, 0) is 11.3 Å².